The van der Waals surface area contributed by atoms with Gasteiger partial charge in [0, 0.05) is 57.9 Å². The van der Waals surface area contributed by atoms with Crippen LogP contribution in [0.1, 0.15) is 6.42 Å². The minimum absolute atomic E-state index is 0.105. The molecule has 7 heteroatoms. The Kier molecular flexibility index (Phi) is 6.25. The molecule has 0 aliphatic carbocycles. The zero-order valence-corrected chi connectivity index (χ0v) is 14.5. The lowest BCUT2D eigenvalue weighted by atomic mass is 10.2. The highest BCUT2D eigenvalue weighted by Crippen LogP contribution is 2.10. The first-order valence-corrected chi connectivity index (χ1v) is 8.91. The molecule has 7 nitrogen and oxygen atoms in total. The molecule has 2 fully saturated rings. The summed E-state index contributed by atoms with van der Waals surface area (Å²) in [5.74, 6) is 0.176. The van der Waals surface area contributed by atoms with Gasteiger partial charge in [-0.2, -0.15) is 0 Å². The number of para-hydroxylation sites is 1. The number of hydrogen-bond acceptors (Lipinski definition) is 4. The van der Waals surface area contributed by atoms with E-state index in [0.717, 1.165) is 38.5 Å². The van der Waals surface area contributed by atoms with Crippen molar-refractivity contribution < 1.29 is 14.3 Å². The van der Waals surface area contributed by atoms with Crippen LogP contribution in [-0.4, -0.2) is 85.7 Å². The standard InChI is InChI=1S/C18H26N4O3/c23-17(6-7-20-12-14-25-15-13-20)21-8-10-22(11-9-21)18(24)19-16-4-2-1-3-5-16/h1-5H,6-15H2,(H,19,24). The van der Waals surface area contributed by atoms with Gasteiger partial charge in [0.05, 0.1) is 13.2 Å². The molecule has 2 heterocycles. The molecule has 0 unspecified atom stereocenters. The van der Waals surface area contributed by atoms with E-state index >= 15 is 0 Å². The fourth-order valence-corrected chi connectivity index (χ4v) is 3.12. The SMILES string of the molecule is O=C(CCN1CCOCC1)N1CCN(C(=O)Nc2ccccc2)CC1. The van der Waals surface area contributed by atoms with E-state index in [1.165, 1.54) is 0 Å². The number of anilines is 1. The number of piperazine rings is 1. The largest absolute Gasteiger partial charge is 0.379 e. The van der Waals surface area contributed by atoms with E-state index in [9.17, 15) is 9.59 Å². The topological polar surface area (TPSA) is 65.1 Å². The molecule has 2 aliphatic heterocycles. The summed E-state index contributed by atoms with van der Waals surface area (Å²) in [6, 6.07) is 9.32. The molecule has 0 saturated carbocycles. The number of ether oxygens (including phenoxy) is 1. The van der Waals surface area contributed by atoms with E-state index in [4.69, 9.17) is 4.74 Å². The first-order chi connectivity index (χ1) is 12.2. The van der Waals surface area contributed by atoms with Gasteiger partial charge in [-0.05, 0) is 12.1 Å². The van der Waals surface area contributed by atoms with Gasteiger partial charge >= 0.3 is 6.03 Å². The highest BCUT2D eigenvalue weighted by molar-refractivity contribution is 5.89. The molecular weight excluding hydrogens is 320 g/mol. The maximum absolute atomic E-state index is 12.4. The number of carbonyl (C=O) groups is 2. The highest BCUT2D eigenvalue weighted by atomic mass is 16.5. The van der Waals surface area contributed by atoms with E-state index in [0.29, 0.717) is 32.6 Å². The van der Waals surface area contributed by atoms with Crippen molar-refractivity contribution in [1.29, 1.82) is 0 Å². The van der Waals surface area contributed by atoms with Crippen LogP contribution < -0.4 is 5.32 Å². The highest BCUT2D eigenvalue weighted by Gasteiger charge is 2.24. The van der Waals surface area contributed by atoms with E-state index in [2.05, 4.69) is 10.2 Å². The van der Waals surface area contributed by atoms with Gasteiger partial charge in [0.25, 0.3) is 0 Å². The third kappa shape index (κ3) is 5.17. The van der Waals surface area contributed by atoms with Gasteiger partial charge in [-0.15, -0.1) is 0 Å². The Morgan fingerprint density at radius 2 is 1.56 bits per heavy atom. The normalized spacial score (nSPS) is 18.9. The number of nitrogens with one attached hydrogen (secondary N) is 1. The molecule has 1 aromatic rings. The second-order valence-electron chi connectivity index (χ2n) is 6.37. The molecule has 3 rings (SSSR count). The molecule has 0 spiro atoms. The van der Waals surface area contributed by atoms with Crippen LogP contribution >= 0.6 is 0 Å². The number of urea groups is 1. The zero-order valence-electron chi connectivity index (χ0n) is 14.5. The lowest BCUT2D eigenvalue weighted by Crippen LogP contribution is -2.52. The van der Waals surface area contributed by atoms with Crippen molar-refractivity contribution in [3.05, 3.63) is 30.3 Å². The number of hydrogen-bond donors (Lipinski definition) is 1. The summed E-state index contributed by atoms with van der Waals surface area (Å²) >= 11 is 0. The quantitative estimate of drug-likeness (QED) is 0.886. The summed E-state index contributed by atoms with van der Waals surface area (Å²) < 4.78 is 5.32. The second-order valence-corrected chi connectivity index (χ2v) is 6.37. The van der Waals surface area contributed by atoms with Gasteiger partial charge in [-0.25, -0.2) is 4.79 Å². The summed E-state index contributed by atoms with van der Waals surface area (Å²) in [4.78, 5) is 30.5. The summed E-state index contributed by atoms with van der Waals surface area (Å²) in [5, 5.41) is 2.89. The Morgan fingerprint density at radius 1 is 0.920 bits per heavy atom. The van der Waals surface area contributed by atoms with Crippen molar-refractivity contribution in [3.8, 4) is 0 Å². The second kappa shape index (κ2) is 8.82. The minimum Gasteiger partial charge on any atom is -0.379 e. The van der Waals surface area contributed by atoms with Crippen LogP contribution in [0.5, 0.6) is 0 Å². The van der Waals surface area contributed by atoms with E-state index < -0.39 is 0 Å². The Morgan fingerprint density at radius 3 is 2.24 bits per heavy atom. The summed E-state index contributed by atoms with van der Waals surface area (Å²) in [6.45, 7) is 6.45. The molecule has 1 N–H and O–H groups in total. The van der Waals surface area contributed by atoms with Crippen LogP contribution in [0.25, 0.3) is 0 Å². The van der Waals surface area contributed by atoms with Gasteiger partial charge in [0.1, 0.15) is 0 Å². The van der Waals surface area contributed by atoms with Gasteiger partial charge < -0.3 is 19.9 Å². The first kappa shape index (κ1) is 17.7. The molecule has 1 aromatic carbocycles. The van der Waals surface area contributed by atoms with E-state index in [1.54, 1.807) is 4.90 Å². The Balaban J connectivity index is 1.38. The Bertz CT molecular complexity index is 567. The van der Waals surface area contributed by atoms with Crippen molar-refractivity contribution in [3.63, 3.8) is 0 Å². The average molecular weight is 346 g/mol. The summed E-state index contributed by atoms with van der Waals surface area (Å²) in [5.41, 5.74) is 0.788. The molecule has 3 amide bonds. The van der Waals surface area contributed by atoms with Crippen LogP contribution in [0.3, 0.4) is 0 Å². The fourth-order valence-electron chi connectivity index (χ4n) is 3.12. The number of morpholine rings is 1. The van der Waals surface area contributed by atoms with Crippen LogP contribution in [-0.2, 0) is 9.53 Å². The van der Waals surface area contributed by atoms with Gasteiger partial charge in [0.15, 0.2) is 0 Å². The van der Waals surface area contributed by atoms with Crippen LogP contribution in [0.15, 0.2) is 30.3 Å². The number of carbonyl (C=O) groups excluding carboxylic acids is 2. The van der Waals surface area contributed by atoms with Crippen molar-refractivity contribution >= 4 is 17.6 Å². The molecule has 0 atom stereocenters. The van der Waals surface area contributed by atoms with Gasteiger partial charge in [-0.3, -0.25) is 9.69 Å². The van der Waals surface area contributed by atoms with Gasteiger partial charge in [0.2, 0.25) is 5.91 Å². The smallest absolute Gasteiger partial charge is 0.321 e. The van der Waals surface area contributed by atoms with Crippen LogP contribution in [0.2, 0.25) is 0 Å². The van der Waals surface area contributed by atoms with Crippen LogP contribution in [0.4, 0.5) is 10.5 Å². The Hall–Kier alpha value is -2.12. The van der Waals surface area contributed by atoms with E-state index in [-0.39, 0.29) is 11.9 Å². The summed E-state index contributed by atoms with van der Waals surface area (Å²) in [6.07, 6.45) is 0.538. The lowest BCUT2D eigenvalue weighted by molar-refractivity contribution is -0.133. The van der Waals surface area contributed by atoms with Crippen molar-refractivity contribution in [2.45, 2.75) is 6.42 Å². The van der Waals surface area contributed by atoms with Crippen LogP contribution in [0, 0.1) is 0 Å². The number of amides is 3. The van der Waals surface area contributed by atoms with Crippen molar-refractivity contribution in [1.82, 2.24) is 14.7 Å². The van der Waals surface area contributed by atoms with Crippen molar-refractivity contribution in [2.24, 2.45) is 0 Å². The monoisotopic (exact) mass is 346 g/mol. The zero-order chi connectivity index (χ0) is 17.5. The van der Waals surface area contributed by atoms with E-state index in [1.807, 2.05) is 35.2 Å². The predicted molar refractivity (Wildman–Crippen MR) is 95.5 cm³/mol. The van der Waals surface area contributed by atoms with Crippen molar-refractivity contribution in [2.75, 3.05) is 64.3 Å². The summed E-state index contributed by atoms with van der Waals surface area (Å²) in [7, 11) is 0. The first-order valence-electron chi connectivity index (χ1n) is 8.91. The minimum atomic E-state index is -0.105. The molecule has 0 bridgehead atoms. The predicted octanol–water partition coefficient (Wildman–Crippen LogP) is 1.08. The molecule has 2 aliphatic rings. The number of benzene rings is 1. The molecule has 0 aromatic heterocycles. The maximum atomic E-state index is 12.4. The molecular formula is C18H26N4O3. The molecule has 136 valence electrons. The maximum Gasteiger partial charge on any atom is 0.321 e. The third-order valence-corrected chi connectivity index (χ3v) is 4.69. The molecule has 25 heavy (non-hydrogen) atoms. The number of nitrogens with zero attached hydrogens (tertiary/aromatic N) is 3. The fraction of sp³-hybridized carbons (Fsp3) is 0.556. The number of rotatable bonds is 4. The third-order valence-electron chi connectivity index (χ3n) is 4.69. The lowest BCUT2D eigenvalue weighted by Gasteiger charge is -2.35. The Labute approximate surface area is 148 Å². The molecule has 0 radical (unpaired) electrons. The average Bonchev–Trinajstić information content (AvgIpc) is 2.68. The molecule has 2 saturated heterocycles. The van der Waals surface area contributed by atoms with Gasteiger partial charge in [-0.1, -0.05) is 18.2 Å².